The Kier molecular flexibility index (Phi) is 4.43. The summed E-state index contributed by atoms with van der Waals surface area (Å²) in [5.41, 5.74) is 0.853. The number of aliphatic hydroxyl groups is 1. The highest BCUT2D eigenvalue weighted by Crippen LogP contribution is 2.31. The van der Waals surface area contributed by atoms with Crippen LogP contribution in [0.2, 0.25) is 5.02 Å². The average Bonchev–Trinajstić information content (AvgIpc) is 2.91. The summed E-state index contributed by atoms with van der Waals surface area (Å²) in [5.74, 6) is 0.522. The maximum absolute atomic E-state index is 13.2. The van der Waals surface area contributed by atoms with Crippen molar-refractivity contribution in [2.24, 2.45) is 0 Å². The number of hydrogen-bond acceptors (Lipinski definition) is 6. The van der Waals surface area contributed by atoms with Gasteiger partial charge in [0.1, 0.15) is 29.7 Å². The van der Waals surface area contributed by atoms with E-state index in [0.29, 0.717) is 28.6 Å². The molecule has 1 aliphatic heterocycles. The van der Waals surface area contributed by atoms with Gasteiger partial charge in [-0.05, 0) is 42.8 Å². The molecule has 0 bridgehead atoms. The predicted molar refractivity (Wildman–Crippen MR) is 103 cm³/mol. The van der Waals surface area contributed by atoms with Crippen LogP contribution in [0.5, 0.6) is 0 Å². The first kappa shape index (κ1) is 17.7. The summed E-state index contributed by atoms with van der Waals surface area (Å²) in [5, 5.41) is 17.2. The fraction of sp³-hybridized carbons (Fsp3) is 0.211. The van der Waals surface area contributed by atoms with Crippen molar-refractivity contribution in [3.8, 4) is 0 Å². The number of pyridine rings is 1. The van der Waals surface area contributed by atoms with Crippen LogP contribution in [-0.2, 0) is 12.1 Å². The molecule has 0 saturated heterocycles. The van der Waals surface area contributed by atoms with Gasteiger partial charge in [-0.15, -0.1) is 0 Å². The number of rotatable bonds is 4. The molecule has 0 saturated carbocycles. The summed E-state index contributed by atoms with van der Waals surface area (Å²) in [6.45, 7) is 1.89. The predicted octanol–water partition coefficient (Wildman–Crippen LogP) is 2.54. The standard InChI is InChI=1S/C19H18ClN5O2/c1-19(10-12-2-4-13(20)5-3-12)24-17(26)15-7-6-14(18(27)25(15)19)23-16-8-9-21-11-22-16/h2-9,11,17,24,26H,10H2,1H3,(H,21,22,23). The number of benzene rings is 1. The number of halogens is 1. The summed E-state index contributed by atoms with van der Waals surface area (Å²) in [7, 11) is 0. The molecule has 2 atom stereocenters. The van der Waals surface area contributed by atoms with Gasteiger partial charge >= 0.3 is 0 Å². The van der Waals surface area contributed by atoms with Crippen LogP contribution in [0.4, 0.5) is 11.5 Å². The lowest BCUT2D eigenvalue weighted by atomic mass is 10.0. The minimum atomic E-state index is -0.928. The van der Waals surface area contributed by atoms with Crippen molar-refractivity contribution < 1.29 is 5.11 Å². The van der Waals surface area contributed by atoms with Gasteiger partial charge in [0.05, 0.1) is 5.69 Å². The van der Waals surface area contributed by atoms with Gasteiger partial charge in [-0.1, -0.05) is 23.7 Å². The molecule has 7 nitrogen and oxygen atoms in total. The minimum Gasteiger partial charge on any atom is -0.373 e. The molecule has 3 heterocycles. The molecule has 4 rings (SSSR count). The van der Waals surface area contributed by atoms with Gasteiger partial charge in [-0.25, -0.2) is 9.97 Å². The number of nitrogens with one attached hydrogen (secondary N) is 2. The zero-order chi connectivity index (χ0) is 19.0. The molecule has 138 valence electrons. The molecule has 2 aromatic heterocycles. The van der Waals surface area contributed by atoms with Gasteiger partial charge in [0, 0.05) is 17.6 Å². The molecular weight excluding hydrogens is 366 g/mol. The SMILES string of the molecule is CC1(Cc2ccc(Cl)cc2)NC(O)c2ccc(Nc3ccncn3)c(=O)n21. The lowest BCUT2D eigenvalue weighted by molar-refractivity contribution is 0.111. The highest BCUT2D eigenvalue weighted by molar-refractivity contribution is 6.30. The van der Waals surface area contributed by atoms with Crippen LogP contribution < -0.4 is 16.2 Å². The molecule has 3 aromatic rings. The third-order valence-corrected chi connectivity index (χ3v) is 4.89. The van der Waals surface area contributed by atoms with Gasteiger partial charge in [0.15, 0.2) is 0 Å². The number of nitrogens with zero attached hydrogens (tertiary/aromatic N) is 3. The quantitative estimate of drug-likeness (QED) is 0.641. The highest BCUT2D eigenvalue weighted by atomic mass is 35.5. The van der Waals surface area contributed by atoms with E-state index in [1.54, 1.807) is 29.0 Å². The number of fused-ring (bicyclic) bond motifs is 1. The Bertz CT molecular complexity index is 1020. The van der Waals surface area contributed by atoms with Crippen molar-refractivity contribution in [1.82, 2.24) is 19.9 Å². The summed E-state index contributed by atoms with van der Waals surface area (Å²) >= 11 is 5.96. The first-order valence-corrected chi connectivity index (χ1v) is 8.84. The second kappa shape index (κ2) is 6.77. The summed E-state index contributed by atoms with van der Waals surface area (Å²) < 4.78 is 1.59. The van der Waals surface area contributed by atoms with Crippen LogP contribution >= 0.6 is 11.6 Å². The van der Waals surface area contributed by atoms with E-state index in [2.05, 4.69) is 20.6 Å². The van der Waals surface area contributed by atoms with E-state index in [0.717, 1.165) is 5.56 Å². The Hall–Kier alpha value is -2.74. The Balaban J connectivity index is 1.73. The third kappa shape index (κ3) is 3.32. The Morgan fingerprint density at radius 3 is 2.74 bits per heavy atom. The molecule has 0 fully saturated rings. The van der Waals surface area contributed by atoms with Crippen molar-refractivity contribution in [2.45, 2.75) is 25.2 Å². The van der Waals surface area contributed by atoms with Crippen LogP contribution in [0.15, 0.2) is 59.8 Å². The van der Waals surface area contributed by atoms with E-state index < -0.39 is 11.9 Å². The second-order valence-corrected chi connectivity index (χ2v) is 7.09. The Labute approximate surface area is 160 Å². The van der Waals surface area contributed by atoms with E-state index in [-0.39, 0.29) is 5.56 Å². The zero-order valence-corrected chi connectivity index (χ0v) is 15.3. The molecule has 0 amide bonds. The van der Waals surface area contributed by atoms with Gasteiger partial charge in [-0.2, -0.15) is 0 Å². The van der Waals surface area contributed by atoms with Gasteiger partial charge in [-0.3, -0.25) is 14.7 Å². The second-order valence-electron chi connectivity index (χ2n) is 6.66. The Morgan fingerprint density at radius 2 is 2.04 bits per heavy atom. The topological polar surface area (TPSA) is 92.1 Å². The van der Waals surface area contributed by atoms with Gasteiger partial charge in [0.2, 0.25) is 0 Å². The van der Waals surface area contributed by atoms with Crippen molar-refractivity contribution in [1.29, 1.82) is 0 Å². The monoisotopic (exact) mass is 383 g/mol. The molecule has 3 N–H and O–H groups in total. The molecule has 0 aliphatic carbocycles. The normalized spacial score (nSPS) is 21.1. The van der Waals surface area contributed by atoms with Crippen LogP contribution in [0, 0.1) is 0 Å². The molecule has 8 heteroatoms. The number of hydrogen-bond donors (Lipinski definition) is 3. The fourth-order valence-corrected chi connectivity index (χ4v) is 3.56. The lowest BCUT2D eigenvalue weighted by Gasteiger charge is -2.28. The van der Waals surface area contributed by atoms with E-state index >= 15 is 0 Å². The Morgan fingerprint density at radius 1 is 1.26 bits per heavy atom. The summed E-state index contributed by atoms with van der Waals surface area (Å²) in [6.07, 6.45) is 2.58. The molecule has 27 heavy (non-hydrogen) atoms. The van der Waals surface area contributed by atoms with Crippen LogP contribution in [0.3, 0.4) is 0 Å². The zero-order valence-electron chi connectivity index (χ0n) is 14.6. The summed E-state index contributed by atoms with van der Waals surface area (Å²) in [4.78, 5) is 21.1. The lowest BCUT2D eigenvalue weighted by Crippen LogP contribution is -2.46. The van der Waals surface area contributed by atoms with Gasteiger partial charge in [0.25, 0.3) is 5.56 Å². The molecule has 0 spiro atoms. The smallest absolute Gasteiger partial charge is 0.276 e. The van der Waals surface area contributed by atoms with E-state index in [9.17, 15) is 9.90 Å². The summed E-state index contributed by atoms with van der Waals surface area (Å²) in [6, 6.07) is 12.5. The van der Waals surface area contributed by atoms with E-state index in [1.165, 1.54) is 6.33 Å². The number of aliphatic hydroxyl groups excluding tert-OH is 1. The van der Waals surface area contributed by atoms with Crippen LogP contribution in [0.25, 0.3) is 0 Å². The van der Waals surface area contributed by atoms with E-state index in [4.69, 9.17) is 11.6 Å². The van der Waals surface area contributed by atoms with Crippen molar-refractivity contribution in [3.63, 3.8) is 0 Å². The minimum absolute atomic E-state index is 0.244. The molecule has 0 radical (unpaired) electrons. The molecule has 1 aliphatic rings. The number of aromatic nitrogens is 3. The maximum atomic E-state index is 13.2. The number of anilines is 2. The first-order valence-electron chi connectivity index (χ1n) is 8.46. The molecule has 2 unspecified atom stereocenters. The van der Waals surface area contributed by atoms with E-state index in [1.807, 2.05) is 31.2 Å². The highest BCUT2D eigenvalue weighted by Gasteiger charge is 2.40. The van der Waals surface area contributed by atoms with Crippen LogP contribution in [-0.4, -0.2) is 19.6 Å². The largest absolute Gasteiger partial charge is 0.373 e. The van der Waals surface area contributed by atoms with Gasteiger partial charge < -0.3 is 10.4 Å². The molecule has 1 aromatic carbocycles. The first-order chi connectivity index (χ1) is 13.0. The van der Waals surface area contributed by atoms with Crippen molar-refractivity contribution in [3.05, 3.63) is 81.6 Å². The van der Waals surface area contributed by atoms with Crippen molar-refractivity contribution in [2.75, 3.05) is 5.32 Å². The maximum Gasteiger partial charge on any atom is 0.276 e. The fourth-order valence-electron chi connectivity index (χ4n) is 3.44. The van der Waals surface area contributed by atoms with Crippen LogP contribution in [0.1, 0.15) is 24.4 Å². The average molecular weight is 384 g/mol. The van der Waals surface area contributed by atoms with Crippen molar-refractivity contribution >= 4 is 23.1 Å². The third-order valence-electron chi connectivity index (χ3n) is 4.64. The molecular formula is C19H18ClN5O2.